The number of hydroxylamine groups is 2. The minimum Gasteiger partial charge on any atom is -0.278 e. The van der Waals surface area contributed by atoms with E-state index in [0.29, 0.717) is 0 Å². The van der Waals surface area contributed by atoms with Gasteiger partial charge in [-0.15, -0.1) is 0 Å². The summed E-state index contributed by atoms with van der Waals surface area (Å²) >= 11 is 3.02. The molecule has 1 fully saturated rings. The van der Waals surface area contributed by atoms with Crippen LogP contribution in [0.15, 0.2) is 0 Å². The summed E-state index contributed by atoms with van der Waals surface area (Å²) in [7, 11) is 0. The van der Waals surface area contributed by atoms with Crippen molar-refractivity contribution in [3.63, 3.8) is 0 Å². The highest BCUT2D eigenvalue weighted by molar-refractivity contribution is 9.10. The van der Waals surface area contributed by atoms with Crippen LogP contribution in [0.1, 0.15) is 13.3 Å². The van der Waals surface area contributed by atoms with E-state index in [4.69, 9.17) is 5.21 Å². The number of carbonyl (C=O) groups excluding carboxylic acids is 2. The van der Waals surface area contributed by atoms with Crippen LogP contribution in [0.2, 0.25) is 0 Å². The number of hydrogen-bond donors (Lipinski definition) is 1. The monoisotopic (exact) mass is 207 g/mol. The third-order valence-corrected chi connectivity index (χ3v) is 1.98. The van der Waals surface area contributed by atoms with Gasteiger partial charge in [0.2, 0.25) is 0 Å². The minimum absolute atomic E-state index is 0.0162. The molecule has 1 N–H and O–H groups in total. The Kier molecular flexibility index (Phi) is 1.56. The zero-order valence-electron chi connectivity index (χ0n) is 5.30. The highest BCUT2D eigenvalue weighted by atomic mass is 79.9. The van der Waals surface area contributed by atoms with Crippen LogP contribution in [0.25, 0.3) is 0 Å². The Hall–Kier alpha value is -0.420. The summed E-state index contributed by atoms with van der Waals surface area (Å²) in [6.07, 6.45) is 0.0162. The molecule has 1 saturated heterocycles. The molecular weight excluding hydrogens is 202 g/mol. The second-order valence-electron chi connectivity index (χ2n) is 2.38. The number of halogens is 1. The number of carbonyl (C=O) groups is 2. The van der Waals surface area contributed by atoms with E-state index in [9.17, 15) is 9.59 Å². The van der Waals surface area contributed by atoms with Crippen molar-refractivity contribution >= 4 is 27.7 Å². The van der Waals surface area contributed by atoms with E-state index in [-0.39, 0.29) is 11.5 Å². The average molecular weight is 208 g/mol. The Morgan fingerprint density at radius 2 is 2.20 bits per heavy atom. The summed E-state index contributed by atoms with van der Waals surface area (Å²) in [4.78, 5) is 21.5. The van der Waals surface area contributed by atoms with Crippen LogP contribution in [-0.4, -0.2) is 26.4 Å². The van der Waals surface area contributed by atoms with Gasteiger partial charge in [0.25, 0.3) is 11.8 Å². The van der Waals surface area contributed by atoms with E-state index >= 15 is 0 Å². The van der Waals surface area contributed by atoms with Gasteiger partial charge in [-0.3, -0.25) is 14.8 Å². The molecule has 2 amide bonds. The Morgan fingerprint density at radius 3 is 2.30 bits per heavy atom. The van der Waals surface area contributed by atoms with Crippen LogP contribution in [0, 0.1) is 0 Å². The molecular formula is C5H6BrNO3. The zero-order chi connectivity index (χ0) is 7.94. The van der Waals surface area contributed by atoms with Crippen molar-refractivity contribution in [3.8, 4) is 0 Å². The fourth-order valence-corrected chi connectivity index (χ4v) is 1.18. The molecule has 1 atom stereocenters. The molecule has 1 rings (SSSR count). The van der Waals surface area contributed by atoms with Crippen molar-refractivity contribution < 1.29 is 14.8 Å². The van der Waals surface area contributed by atoms with Gasteiger partial charge in [0.05, 0.1) is 6.42 Å². The van der Waals surface area contributed by atoms with Crippen molar-refractivity contribution in [1.29, 1.82) is 0 Å². The second-order valence-corrected chi connectivity index (χ2v) is 4.14. The van der Waals surface area contributed by atoms with Gasteiger partial charge in [-0.25, -0.2) is 0 Å². The Bertz CT molecular complexity index is 201. The first kappa shape index (κ1) is 7.68. The first-order valence-corrected chi connectivity index (χ1v) is 3.49. The topological polar surface area (TPSA) is 57.6 Å². The Balaban J connectivity index is 2.92. The Morgan fingerprint density at radius 1 is 1.70 bits per heavy atom. The van der Waals surface area contributed by atoms with E-state index in [1.54, 1.807) is 6.92 Å². The number of alkyl halides is 1. The van der Waals surface area contributed by atoms with Gasteiger partial charge < -0.3 is 0 Å². The summed E-state index contributed by atoms with van der Waals surface area (Å²) < 4.78 is -0.904. The van der Waals surface area contributed by atoms with Crippen LogP contribution in [0.5, 0.6) is 0 Å². The van der Waals surface area contributed by atoms with Crippen LogP contribution < -0.4 is 0 Å². The molecule has 1 unspecified atom stereocenters. The van der Waals surface area contributed by atoms with Gasteiger partial charge in [-0.2, -0.15) is 5.06 Å². The molecule has 56 valence electrons. The van der Waals surface area contributed by atoms with Crippen LogP contribution in [0.4, 0.5) is 0 Å². The highest BCUT2D eigenvalue weighted by Crippen LogP contribution is 2.30. The molecule has 1 aliphatic heterocycles. The molecule has 0 aliphatic carbocycles. The molecule has 0 aromatic rings. The van der Waals surface area contributed by atoms with E-state index in [2.05, 4.69) is 15.9 Å². The molecule has 0 aromatic carbocycles. The highest BCUT2D eigenvalue weighted by Gasteiger charge is 2.46. The van der Waals surface area contributed by atoms with E-state index in [0.717, 1.165) is 0 Å². The minimum atomic E-state index is -0.904. The maximum Gasteiger partial charge on any atom is 0.270 e. The van der Waals surface area contributed by atoms with Crippen LogP contribution in [0.3, 0.4) is 0 Å². The van der Waals surface area contributed by atoms with Gasteiger partial charge in [0, 0.05) is 0 Å². The van der Waals surface area contributed by atoms with E-state index in [1.165, 1.54) is 0 Å². The summed E-state index contributed by atoms with van der Waals surface area (Å²) in [6, 6.07) is 0. The molecule has 1 heterocycles. The largest absolute Gasteiger partial charge is 0.278 e. The maximum absolute atomic E-state index is 10.8. The van der Waals surface area contributed by atoms with E-state index < -0.39 is 16.1 Å². The first-order valence-electron chi connectivity index (χ1n) is 2.70. The molecule has 5 heteroatoms. The maximum atomic E-state index is 10.8. The first-order chi connectivity index (χ1) is 4.45. The van der Waals surface area contributed by atoms with Crippen LogP contribution >= 0.6 is 15.9 Å². The van der Waals surface area contributed by atoms with Gasteiger partial charge >= 0.3 is 0 Å². The number of nitrogens with zero attached hydrogens (tertiary/aromatic N) is 1. The van der Waals surface area contributed by atoms with Crippen molar-refractivity contribution in [1.82, 2.24) is 5.06 Å². The van der Waals surface area contributed by atoms with Crippen molar-refractivity contribution in [2.45, 2.75) is 17.7 Å². The molecule has 4 nitrogen and oxygen atoms in total. The van der Waals surface area contributed by atoms with Crippen molar-refractivity contribution in [2.24, 2.45) is 0 Å². The summed E-state index contributed by atoms with van der Waals surface area (Å²) in [5.41, 5.74) is 0. The van der Waals surface area contributed by atoms with Gasteiger partial charge in [0.15, 0.2) is 0 Å². The van der Waals surface area contributed by atoms with Crippen LogP contribution in [-0.2, 0) is 9.59 Å². The number of hydrogen-bond acceptors (Lipinski definition) is 3. The quantitative estimate of drug-likeness (QED) is 0.353. The van der Waals surface area contributed by atoms with Crippen molar-refractivity contribution in [3.05, 3.63) is 0 Å². The normalized spacial score (nSPS) is 33.7. The molecule has 0 aromatic heterocycles. The molecule has 10 heavy (non-hydrogen) atoms. The Labute approximate surface area is 65.9 Å². The lowest BCUT2D eigenvalue weighted by Gasteiger charge is -2.09. The second kappa shape index (κ2) is 2.03. The van der Waals surface area contributed by atoms with Gasteiger partial charge in [-0.1, -0.05) is 15.9 Å². The number of amides is 2. The molecule has 0 spiro atoms. The fraction of sp³-hybridized carbons (Fsp3) is 0.600. The number of rotatable bonds is 0. The SMILES string of the molecule is CC1(Br)CC(=O)N(O)C1=O. The lowest BCUT2D eigenvalue weighted by Crippen LogP contribution is -2.31. The lowest BCUT2D eigenvalue weighted by molar-refractivity contribution is -0.171. The smallest absolute Gasteiger partial charge is 0.270 e. The number of imide groups is 1. The fourth-order valence-electron chi connectivity index (χ4n) is 0.769. The van der Waals surface area contributed by atoms with Gasteiger partial charge in [0.1, 0.15) is 4.32 Å². The van der Waals surface area contributed by atoms with Crippen molar-refractivity contribution in [2.75, 3.05) is 0 Å². The molecule has 0 saturated carbocycles. The summed E-state index contributed by atoms with van der Waals surface area (Å²) in [5, 5.41) is 8.85. The zero-order valence-corrected chi connectivity index (χ0v) is 6.88. The average Bonchev–Trinajstić information content (AvgIpc) is 1.95. The standard InChI is InChI=1S/C5H6BrNO3/c1-5(6)2-3(8)7(10)4(5)9/h10H,2H2,1H3. The summed E-state index contributed by atoms with van der Waals surface area (Å²) in [6.45, 7) is 1.55. The van der Waals surface area contributed by atoms with E-state index in [1.807, 2.05) is 0 Å². The predicted octanol–water partition coefficient (Wildman–Crippen LogP) is 0.288. The predicted molar refractivity (Wildman–Crippen MR) is 35.6 cm³/mol. The third-order valence-electron chi connectivity index (χ3n) is 1.36. The lowest BCUT2D eigenvalue weighted by atomic mass is 10.1. The van der Waals surface area contributed by atoms with Gasteiger partial charge in [-0.05, 0) is 6.92 Å². The molecule has 0 bridgehead atoms. The summed E-state index contributed by atoms with van der Waals surface area (Å²) in [5.74, 6) is -1.16. The third kappa shape index (κ3) is 0.951. The molecule has 0 radical (unpaired) electrons. The molecule has 1 aliphatic rings.